The summed E-state index contributed by atoms with van der Waals surface area (Å²) in [6.07, 6.45) is 1.01. The summed E-state index contributed by atoms with van der Waals surface area (Å²) < 4.78 is 14.8. The average Bonchev–Trinajstić information content (AvgIpc) is 2.74. The van der Waals surface area contributed by atoms with Crippen molar-refractivity contribution < 1.29 is 4.39 Å². The van der Waals surface area contributed by atoms with Gasteiger partial charge < -0.3 is 5.32 Å². The van der Waals surface area contributed by atoms with Crippen molar-refractivity contribution in [2.75, 3.05) is 6.54 Å². The summed E-state index contributed by atoms with van der Waals surface area (Å²) in [7, 11) is 0. The molecule has 0 spiro atoms. The Bertz CT molecular complexity index is 580. The molecule has 1 atom stereocenters. The molecule has 1 aromatic carbocycles. The lowest BCUT2D eigenvalue weighted by atomic mass is 10.0. The average molecular weight is 377 g/mol. The van der Waals surface area contributed by atoms with Gasteiger partial charge in [-0.3, -0.25) is 0 Å². The number of benzene rings is 1. The molecule has 0 amide bonds. The van der Waals surface area contributed by atoms with Crippen molar-refractivity contribution in [1.29, 1.82) is 0 Å². The number of hydrogen-bond acceptors (Lipinski definition) is 2. The lowest BCUT2D eigenvalue weighted by Gasteiger charge is -2.19. The van der Waals surface area contributed by atoms with Gasteiger partial charge in [-0.05, 0) is 53.5 Å². The van der Waals surface area contributed by atoms with Crippen molar-refractivity contribution in [2.24, 2.45) is 0 Å². The number of thiophene rings is 1. The van der Waals surface area contributed by atoms with Crippen LogP contribution in [0.5, 0.6) is 0 Å². The van der Waals surface area contributed by atoms with Crippen LogP contribution in [0.3, 0.4) is 0 Å². The predicted molar refractivity (Wildman–Crippen MR) is 88.3 cm³/mol. The Balaban J connectivity index is 2.44. The number of aryl methyl sites for hydroxylation is 1. The molecule has 1 N–H and O–H groups in total. The standard InChI is InChI=1S/C15H16BrClFNS/c1-3-7-19-15(13-8-11(16)9(2)20-13)10-5-4-6-12(18)14(10)17/h4-6,8,15,19H,3,7H2,1-2H3. The van der Waals surface area contributed by atoms with Crippen LogP contribution >= 0.6 is 38.9 Å². The molecule has 1 aromatic heterocycles. The van der Waals surface area contributed by atoms with E-state index in [1.807, 2.05) is 6.07 Å². The summed E-state index contributed by atoms with van der Waals surface area (Å²) in [6, 6.07) is 6.97. The largest absolute Gasteiger partial charge is 0.306 e. The maximum atomic E-state index is 13.7. The molecule has 1 nitrogen and oxygen atoms in total. The molecule has 2 aromatic rings. The lowest BCUT2D eigenvalue weighted by molar-refractivity contribution is 0.591. The SMILES string of the molecule is CCCNC(c1cc(Br)c(C)s1)c1cccc(F)c1Cl. The van der Waals surface area contributed by atoms with E-state index >= 15 is 0 Å². The van der Waals surface area contributed by atoms with E-state index in [1.165, 1.54) is 10.9 Å². The summed E-state index contributed by atoms with van der Waals surface area (Å²) in [5.41, 5.74) is 0.786. The number of halogens is 3. The normalized spacial score (nSPS) is 12.7. The van der Waals surface area contributed by atoms with Crippen molar-refractivity contribution in [2.45, 2.75) is 26.3 Å². The second kappa shape index (κ2) is 7.03. The molecule has 108 valence electrons. The van der Waals surface area contributed by atoms with Gasteiger partial charge in [0.15, 0.2) is 0 Å². The first-order valence-electron chi connectivity index (χ1n) is 6.47. The molecule has 0 saturated carbocycles. The number of rotatable bonds is 5. The smallest absolute Gasteiger partial charge is 0.142 e. The van der Waals surface area contributed by atoms with E-state index in [-0.39, 0.29) is 16.9 Å². The fourth-order valence-electron chi connectivity index (χ4n) is 2.02. The van der Waals surface area contributed by atoms with E-state index in [2.05, 4.69) is 41.2 Å². The van der Waals surface area contributed by atoms with Crippen LogP contribution in [0.2, 0.25) is 5.02 Å². The summed E-state index contributed by atoms with van der Waals surface area (Å²) in [4.78, 5) is 2.34. The highest BCUT2D eigenvalue weighted by atomic mass is 79.9. The van der Waals surface area contributed by atoms with Crippen LogP contribution in [0, 0.1) is 12.7 Å². The predicted octanol–water partition coefficient (Wildman–Crippen LogP) is 5.70. The molecule has 0 bridgehead atoms. The molecule has 0 aliphatic carbocycles. The summed E-state index contributed by atoms with van der Waals surface area (Å²) in [5, 5.41) is 3.65. The maximum Gasteiger partial charge on any atom is 0.142 e. The second-order valence-electron chi connectivity index (χ2n) is 4.58. The van der Waals surface area contributed by atoms with Gasteiger partial charge in [-0.15, -0.1) is 11.3 Å². The monoisotopic (exact) mass is 375 g/mol. The molecule has 5 heteroatoms. The Morgan fingerprint density at radius 3 is 2.80 bits per heavy atom. The third-order valence-electron chi connectivity index (χ3n) is 3.05. The van der Waals surface area contributed by atoms with Gasteiger partial charge in [-0.2, -0.15) is 0 Å². The van der Waals surface area contributed by atoms with Gasteiger partial charge in [0.05, 0.1) is 11.1 Å². The minimum atomic E-state index is -0.375. The molecule has 20 heavy (non-hydrogen) atoms. The molecule has 0 saturated heterocycles. The Labute approximate surface area is 136 Å². The number of hydrogen-bond donors (Lipinski definition) is 1. The van der Waals surface area contributed by atoms with Crippen LogP contribution in [0.25, 0.3) is 0 Å². The highest BCUT2D eigenvalue weighted by molar-refractivity contribution is 9.10. The van der Waals surface area contributed by atoms with Gasteiger partial charge >= 0.3 is 0 Å². The zero-order valence-electron chi connectivity index (χ0n) is 11.3. The minimum Gasteiger partial charge on any atom is -0.306 e. The lowest BCUT2D eigenvalue weighted by Crippen LogP contribution is -2.22. The van der Waals surface area contributed by atoms with E-state index in [4.69, 9.17) is 11.6 Å². The van der Waals surface area contributed by atoms with Gasteiger partial charge in [-0.1, -0.05) is 30.7 Å². The Hall–Kier alpha value is -0.420. The molecule has 0 fully saturated rings. The van der Waals surface area contributed by atoms with Gasteiger partial charge in [0.1, 0.15) is 5.82 Å². The zero-order chi connectivity index (χ0) is 14.7. The Morgan fingerprint density at radius 1 is 1.45 bits per heavy atom. The molecule has 2 rings (SSSR count). The molecule has 1 heterocycles. The summed E-state index contributed by atoms with van der Waals surface area (Å²) in [5.74, 6) is -0.375. The number of nitrogens with one attached hydrogen (secondary N) is 1. The van der Waals surface area contributed by atoms with Crippen molar-refractivity contribution >= 4 is 38.9 Å². The van der Waals surface area contributed by atoms with E-state index in [1.54, 1.807) is 17.4 Å². The molecular formula is C15H16BrClFNS. The molecule has 0 radical (unpaired) electrons. The van der Waals surface area contributed by atoms with E-state index < -0.39 is 0 Å². The van der Waals surface area contributed by atoms with Crippen molar-refractivity contribution in [1.82, 2.24) is 5.32 Å². The Kier molecular flexibility index (Phi) is 5.61. The first kappa shape index (κ1) is 16.0. The van der Waals surface area contributed by atoms with Gasteiger partial charge in [0, 0.05) is 14.2 Å². The highest BCUT2D eigenvalue weighted by Crippen LogP contribution is 2.36. The van der Waals surface area contributed by atoms with Crippen LogP contribution < -0.4 is 5.32 Å². The fourth-order valence-corrected chi connectivity index (χ4v) is 3.91. The van der Waals surface area contributed by atoms with Crippen molar-refractivity contribution in [3.05, 3.63) is 54.9 Å². The van der Waals surface area contributed by atoms with Crippen LogP contribution in [-0.4, -0.2) is 6.54 Å². The van der Waals surface area contributed by atoms with Crippen LogP contribution in [-0.2, 0) is 0 Å². The molecule has 0 aliphatic heterocycles. The quantitative estimate of drug-likeness (QED) is 0.705. The van der Waals surface area contributed by atoms with Crippen molar-refractivity contribution in [3.8, 4) is 0 Å². The third-order valence-corrected chi connectivity index (χ3v) is 5.65. The van der Waals surface area contributed by atoms with Crippen LogP contribution in [0.4, 0.5) is 4.39 Å². The van der Waals surface area contributed by atoms with Gasteiger partial charge in [0.2, 0.25) is 0 Å². The van der Waals surface area contributed by atoms with Gasteiger partial charge in [0.25, 0.3) is 0 Å². The third kappa shape index (κ3) is 3.42. The highest BCUT2D eigenvalue weighted by Gasteiger charge is 2.20. The first-order chi connectivity index (χ1) is 9.54. The topological polar surface area (TPSA) is 12.0 Å². The second-order valence-corrected chi connectivity index (χ2v) is 7.10. The zero-order valence-corrected chi connectivity index (χ0v) is 14.5. The molecule has 1 unspecified atom stereocenters. The summed E-state index contributed by atoms with van der Waals surface area (Å²) in [6.45, 7) is 5.02. The Morgan fingerprint density at radius 2 is 2.20 bits per heavy atom. The molecule has 0 aliphatic rings. The maximum absolute atomic E-state index is 13.7. The minimum absolute atomic E-state index is 0.0758. The van der Waals surface area contributed by atoms with E-state index in [9.17, 15) is 4.39 Å². The van der Waals surface area contributed by atoms with Gasteiger partial charge in [-0.25, -0.2) is 4.39 Å². The van der Waals surface area contributed by atoms with E-state index in [0.717, 1.165) is 27.9 Å². The fraction of sp³-hybridized carbons (Fsp3) is 0.333. The molecular weight excluding hydrogens is 361 g/mol. The van der Waals surface area contributed by atoms with Crippen LogP contribution in [0.1, 0.15) is 34.7 Å². The first-order valence-corrected chi connectivity index (χ1v) is 8.46. The van der Waals surface area contributed by atoms with Crippen LogP contribution in [0.15, 0.2) is 28.7 Å². The van der Waals surface area contributed by atoms with Crippen molar-refractivity contribution in [3.63, 3.8) is 0 Å². The van der Waals surface area contributed by atoms with E-state index in [0.29, 0.717) is 0 Å². The summed E-state index contributed by atoms with van der Waals surface area (Å²) >= 11 is 11.4.